The van der Waals surface area contributed by atoms with Gasteiger partial charge in [0.25, 0.3) is 0 Å². The van der Waals surface area contributed by atoms with E-state index >= 15 is 0 Å². The zero-order chi connectivity index (χ0) is 4.62. The van der Waals surface area contributed by atoms with Crippen molar-refractivity contribution < 1.29 is 9.46 Å². The first-order valence-corrected chi connectivity index (χ1v) is 4.05. The summed E-state index contributed by atoms with van der Waals surface area (Å²) in [4.78, 5) is 8.47. The minimum absolute atomic E-state index is 0.562. The molecule has 0 saturated carbocycles. The summed E-state index contributed by atoms with van der Waals surface area (Å²) in [7, 11) is -2.47. The van der Waals surface area contributed by atoms with Crippen molar-refractivity contribution in [3.05, 3.63) is 0 Å². The van der Waals surface area contributed by atoms with Crippen LogP contribution in [0.2, 0.25) is 0 Å². The Kier molecular flexibility index (Phi) is 0.782. The fourth-order valence-corrected chi connectivity index (χ4v) is 1.29. The van der Waals surface area contributed by atoms with Crippen molar-refractivity contribution in [2.45, 2.75) is 6.42 Å². The van der Waals surface area contributed by atoms with Crippen molar-refractivity contribution in [3.8, 4) is 0 Å². The molecule has 2 nitrogen and oxygen atoms in total. The lowest BCUT2D eigenvalue weighted by Crippen LogP contribution is -2.06. The molecule has 1 heterocycles. The van der Waals surface area contributed by atoms with Gasteiger partial charge in [0, 0.05) is 12.3 Å². The van der Waals surface area contributed by atoms with E-state index in [9.17, 15) is 4.57 Å². The molecule has 1 aliphatic rings. The number of rotatable bonds is 0. The Balaban J connectivity index is 2.53. The van der Waals surface area contributed by atoms with E-state index in [2.05, 4.69) is 0 Å². The molecule has 0 aliphatic carbocycles. The summed E-state index contributed by atoms with van der Waals surface area (Å²) < 4.78 is 10.2. The molecule has 0 bridgehead atoms. The second-order valence-electron chi connectivity index (χ2n) is 1.65. The van der Waals surface area contributed by atoms with E-state index in [1.165, 1.54) is 0 Å². The van der Waals surface area contributed by atoms with E-state index in [1.807, 2.05) is 0 Å². The fraction of sp³-hybridized carbons (Fsp3) is 1.00. The lowest BCUT2D eigenvalue weighted by molar-refractivity contribution is 0.461. The molecule has 0 aromatic rings. The first kappa shape index (κ1) is 4.35. The molecule has 1 aliphatic heterocycles. The SMILES string of the molecule is O=P1(O)CCC1. The molecular weight excluding hydrogens is 99.0 g/mol. The van der Waals surface area contributed by atoms with Crippen LogP contribution in [0, 0.1) is 0 Å². The smallest absolute Gasteiger partial charge is 0.200 e. The summed E-state index contributed by atoms with van der Waals surface area (Å²) >= 11 is 0. The molecule has 0 atom stereocenters. The zero-order valence-corrected chi connectivity index (χ0v) is 4.32. The Morgan fingerprint density at radius 2 is 1.83 bits per heavy atom. The summed E-state index contributed by atoms with van der Waals surface area (Å²) in [5.74, 6) is 0. The van der Waals surface area contributed by atoms with E-state index in [-0.39, 0.29) is 0 Å². The third-order valence-electron chi connectivity index (χ3n) is 1.02. The maximum atomic E-state index is 10.2. The highest BCUT2D eigenvalue weighted by atomic mass is 31.2. The van der Waals surface area contributed by atoms with E-state index in [4.69, 9.17) is 4.89 Å². The molecule has 0 unspecified atom stereocenters. The normalized spacial score (nSPS) is 28.8. The molecule has 0 spiro atoms. The van der Waals surface area contributed by atoms with Gasteiger partial charge in [-0.2, -0.15) is 0 Å². The van der Waals surface area contributed by atoms with Gasteiger partial charge in [0.15, 0.2) is 0 Å². The minimum Gasteiger partial charge on any atom is -0.344 e. The van der Waals surface area contributed by atoms with Crippen LogP contribution < -0.4 is 0 Å². The van der Waals surface area contributed by atoms with Crippen molar-refractivity contribution in [2.75, 3.05) is 12.3 Å². The third-order valence-corrected chi connectivity index (χ3v) is 3.05. The van der Waals surface area contributed by atoms with E-state index < -0.39 is 7.37 Å². The van der Waals surface area contributed by atoms with Crippen LogP contribution >= 0.6 is 7.37 Å². The maximum Gasteiger partial charge on any atom is 0.200 e. The molecule has 0 aromatic heterocycles. The third kappa shape index (κ3) is 0.636. The van der Waals surface area contributed by atoms with Crippen molar-refractivity contribution in [1.82, 2.24) is 0 Å². The van der Waals surface area contributed by atoms with Crippen LogP contribution in [0.3, 0.4) is 0 Å². The van der Waals surface area contributed by atoms with Crippen molar-refractivity contribution in [1.29, 1.82) is 0 Å². The monoisotopic (exact) mass is 106 g/mol. The summed E-state index contributed by atoms with van der Waals surface area (Å²) in [6.07, 6.45) is 2.08. The number of hydrogen-bond donors (Lipinski definition) is 1. The highest BCUT2D eigenvalue weighted by Crippen LogP contribution is 2.50. The molecule has 0 amide bonds. The van der Waals surface area contributed by atoms with Gasteiger partial charge in [-0.25, -0.2) is 0 Å². The molecule has 3 heteroatoms. The Hall–Kier alpha value is 0.190. The van der Waals surface area contributed by atoms with Gasteiger partial charge in [0.1, 0.15) is 0 Å². The van der Waals surface area contributed by atoms with Gasteiger partial charge >= 0.3 is 0 Å². The Labute approximate surface area is 36.6 Å². The summed E-state index contributed by atoms with van der Waals surface area (Å²) in [6, 6.07) is 0. The van der Waals surface area contributed by atoms with Crippen LogP contribution in [-0.2, 0) is 4.57 Å². The molecule has 6 heavy (non-hydrogen) atoms. The van der Waals surface area contributed by atoms with E-state index in [0.29, 0.717) is 12.3 Å². The average molecular weight is 106 g/mol. The Morgan fingerprint density at radius 1 is 1.50 bits per heavy atom. The van der Waals surface area contributed by atoms with Crippen molar-refractivity contribution in [3.63, 3.8) is 0 Å². The highest BCUT2D eigenvalue weighted by molar-refractivity contribution is 7.59. The van der Waals surface area contributed by atoms with Crippen LogP contribution in [0.15, 0.2) is 0 Å². The molecule has 0 aromatic carbocycles. The molecule has 0 radical (unpaired) electrons. The van der Waals surface area contributed by atoms with E-state index in [0.717, 1.165) is 6.42 Å². The Bertz CT molecular complexity index is 91.0. The predicted molar refractivity (Wildman–Crippen MR) is 24.2 cm³/mol. The Morgan fingerprint density at radius 3 is 1.83 bits per heavy atom. The summed E-state index contributed by atoms with van der Waals surface area (Å²) in [5, 5.41) is 0. The lowest BCUT2D eigenvalue weighted by Gasteiger charge is -2.18. The first-order valence-electron chi connectivity index (χ1n) is 2.02. The second kappa shape index (κ2) is 1.08. The zero-order valence-electron chi connectivity index (χ0n) is 3.42. The van der Waals surface area contributed by atoms with Gasteiger partial charge in [-0.3, -0.25) is 4.57 Å². The molecule has 1 rings (SSSR count). The highest BCUT2D eigenvalue weighted by Gasteiger charge is 2.26. The molecule has 36 valence electrons. The van der Waals surface area contributed by atoms with Crippen LogP contribution in [0.4, 0.5) is 0 Å². The fourth-order valence-electron chi connectivity index (χ4n) is 0.429. The minimum atomic E-state index is -2.47. The second-order valence-corrected chi connectivity index (χ2v) is 4.23. The van der Waals surface area contributed by atoms with Gasteiger partial charge in [0.05, 0.1) is 0 Å². The van der Waals surface area contributed by atoms with Gasteiger partial charge in [-0.05, 0) is 6.42 Å². The van der Waals surface area contributed by atoms with Crippen LogP contribution in [0.1, 0.15) is 6.42 Å². The molecular formula is C3H7O2P. The molecule has 1 saturated heterocycles. The summed E-state index contributed by atoms with van der Waals surface area (Å²) in [5.41, 5.74) is 0. The predicted octanol–water partition coefficient (Wildman–Crippen LogP) is 0.660. The largest absolute Gasteiger partial charge is 0.344 e. The molecule has 1 fully saturated rings. The first-order chi connectivity index (χ1) is 2.71. The standard InChI is InChI=1S/C3H7O2P/c4-6(5)2-1-3-6/h1-3H2,(H,4,5). The van der Waals surface area contributed by atoms with Gasteiger partial charge in [-0.15, -0.1) is 0 Å². The van der Waals surface area contributed by atoms with Gasteiger partial charge in [0.2, 0.25) is 7.37 Å². The van der Waals surface area contributed by atoms with Crippen LogP contribution in [0.5, 0.6) is 0 Å². The van der Waals surface area contributed by atoms with Gasteiger partial charge < -0.3 is 4.89 Å². The van der Waals surface area contributed by atoms with Crippen molar-refractivity contribution >= 4 is 7.37 Å². The van der Waals surface area contributed by atoms with Crippen molar-refractivity contribution in [2.24, 2.45) is 0 Å². The lowest BCUT2D eigenvalue weighted by atomic mass is 10.5. The quantitative estimate of drug-likeness (QED) is 0.460. The topological polar surface area (TPSA) is 37.3 Å². The molecule has 1 N–H and O–H groups in total. The van der Waals surface area contributed by atoms with Gasteiger partial charge in [-0.1, -0.05) is 0 Å². The summed E-state index contributed by atoms with van der Waals surface area (Å²) in [6.45, 7) is 0. The van der Waals surface area contributed by atoms with Crippen LogP contribution in [0.25, 0.3) is 0 Å². The van der Waals surface area contributed by atoms with Crippen LogP contribution in [-0.4, -0.2) is 17.2 Å². The average Bonchev–Trinajstić information content (AvgIpc) is 1.32. The van der Waals surface area contributed by atoms with E-state index in [1.54, 1.807) is 0 Å². The maximum absolute atomic E-state index is 10.2. The number of hydrogen-bond acceptors (Lipinski definition) is 1.